The van der Waals surface area contributed by atoms with Crippen LogP contribution in [0.15, 0.2) is 18.2 Å². The molecule has 0 spiro atoms. The zero-order valence-corrected chi connectivity index (χ0v) is 10.2. The van der Waals surface area contributed by atoms with Gasteiger partial charge in [0.05, 0.1) is 5.60 Å². The van der Waals surface area contributed by atoms with E-state index in [4.69, 9.17) is 9.47 Å². The van der Waals surface area contributed by atoms with Crippen LogP contribution in [0.25, 0.3) is 0 Å². The predicted octanol–water partition coefficient (Wildman–Crippen LogP) is 3.52. The molecular weight excluding hydrogens is 200 g/mol. The standard InChI is InChI=1S/C14H18O2/c1-10-5-6-11-12(9-10)15-14(3)8-4-7-13(11,2)16-14/h5-6,9H,4,7-8H2,1-3H3/t13-,14+/m0/s1. The molecule has 1 aromatic carbocycles. The van der Waals surface area contributed by atoms with E-state index >= 15 is 0 Å². The number of benzene rings is 1. The molecule has 86 valence electrons. The van der Waals surface area contributed by atoms with Gasteiger partial charge in [-0.3, -0.25) is 0 Å². The molecular formula is C14H18O2. The molecule has 0 amide bonds. The third kappa shape index (κ3) is 1.36. The van der Waals surface area contributed by atoms with Crippen LogP contribution in [0.3, 0.4) is 0 Å². The Kier molecular flexibility index (Phi) is 1.91. The van der Waals surface area contributed by atoms with Gasteiger partial charge < -0.3 is 9.47 Å². The summed E-state index contributed by atoms with van der Waals surface area (Å²) in [7, 11) is 0. The van der Waals surface area contributed by atoms with Crippen LogP contribution in [0.2, 0.25) is 0 Å². The molecule has 2 atom stereocenters. The normalized spacial score (nSPS) is 36.4. The van der Waals surface area contributed by atoms with Crippen LogP contribution in [0, 0.1) is 6.92 Å². The van der Waals surface area contributed by atoms with Crippen molar-refractivity contribution in [3.8, 4) is 5.75 Å². The van der Waals surface area contributed by atoms with Gasteiger partial charge in [-0.05, 0) is 38.3 Å². The second kappa shape index (κ2) is 3.01. The van der Waals surface area contributed by atoms with E-state index in [-0.39, 0.29) is 5.60 Å². The average Bonchev–Trinajstić information content (AvgIpc) is 2.14. The third-order valence-corrected chi connectivity index (χ3v) is 3.76. The molecule has 2 heterocycles. The van der Waals surface area contributed by atoms with E-state index in [1.165, 1.54) is 17.5 Å². The minimum Gasteiger partial charge on any atom is -0.462 e. The molecule has 2 nitrogen and oxygen atoms in total. The van der Waals surface area contributed by atoms with Gasteiger partial charge in [0.1, 0.15) is 5.75 Å². The SMILES string of the molecule is Cc1ccc2c(c1)O[C@@]1(C)CCC[C@]2(C)O1. The van der Waals surface area contributed by atoms with Gasteiger partial charge in [-0.2, -0.15) is 0 Å². The van der Waals surface area contributed by atoms with Crippen LogP contribution in [-0.2, 0) is 10.3 Å². The van der Waals surface area contributed by atoms with E-state index in [0.29, 0.717) is 0 Å². The molecule has 2 heteroatoms. The first-order chi connectivity index (χ1) is 7.51. The Hall–Kier alpha value is -1.02. The zero-order valence-electron chi connectivity index (χ0n) is 10.2. The van der Waals surface area contributed by atoms with Crippen molar-refractivity contribution >= 4 is 0 Å². The first-order valence-corrected chi connectivity index (χ1v) is 6.01. The molecule has 0 saturated carbocycles. The number of ether oxygens (including phenoxy) is 2. The smallest absolute Gasteiger partial charge is 0.208 e. The molecule has 2 aliphatic heterocycles. The highest BCUT2D eigenvalue weighted by Gasteiger charge is 2.48. The molecule has 2 aliphatic rings. The Morgan fingerprint density at radius 1 is 1.19 bits per heavy atom. The van der Waals surface area contributed by atoms with Crippen LogP contribution in [0.4, 0.5) is 0 Å². The summed E-state index contributed by atoms with van der Waals surface area (Å²) in [4.78, 5) is 0. The lowest BCUT2D eigenvalue weighted by atomic mass is 9.83. The number of hydrogen-bond acceptors (Lipinski definition) is 2. The van der Waals surface area contributed by atoms with Crippen LogP contribution in [0.1, 0.15) is 44.2 Å². The number of hydrogen-bond donors (Lipinski definition) is 0. The second-order valence-corrected chi connectivity index (χ2v) is 5.42. The average molecular weight is 218 g/mol. The van der Waals surface area contributed by atoms with Crippen molar-refractivity contribution in [2.75, 3.05) is 0 Å². The van der Waals surface area contributed by atoms with Crippen molar-refractivity contribution in [2.24, 2.45) is 0 Å². The van der Waals surface area contributed by atoms with Gasteiger partial charge in [-0.1, -0.05) is 12.1 Å². The topological polar surface area (TPSA) is 18.5 Å². The molecule has 1 fully saturated rings. The summed E-state index contributed by atoms with van der Waals surface area (Å²) >= 11 is 0. The minimum absolute atomic E-state index is 0.158. The van der Waals surface area contributed by atoms with Gasteiger partial charge in [-0.25, -0.2) is 0 Å². The van der Waals surface area contributed by atoms with E-state index in [9.17, 15) is 0 Å². The fraction of sp³-hybridized carbons (Fsp3) is 0.571. The second-order valence-electron chi connectivity index (χ2n) is 5.42. The van der Waals surface area contributed by atoms with E-state index in [1.807, 2.05) is 0 Å². The van der Waals surface area contributed by atoms with Crippen LogP contribution >= 0.6 is 0 Å². The zero-order chi connectivity index (χ0) is 11.4. The number of rotatable bonds is 0. The lowest BCUT2D eigenvalue weighted by Crippen LogP contribution is -2.51. The van der Waals surface area contributed by atoms with Gasteiger partial charge in [0.15, 0.2) is 0 Å². The quantitative estimate of drug-likeness (QED) is 0.663. The highest BCUT2D eigenvalue weighted by atomic mass is 16.7. The molecule has 16 heavy (non-hydrogen) atoms. The van der Waals surface area contributed by atoms with E-state index in [2.05, 4.69) is 39.0 Å². The van der Waals surface area contributed by atoms with Crippen molar-refractivity contribution < 1.29 is 9.47 Å². The summed E-state index contributed by atoms with van der Waals surface area (Å²) in [5.74, 6) is 0.587. The largest absolute Gasteiger partial charge is 0.462 e. The molecule has 0 unspecified atom stereocenters. The van der Waals surface area contributed by atoms with Crippen molar-refractivity contribution in [3.05, 3.63) is 29.3 Å². The molecule has 3 rings (SSSR count). The molecule has 1 aromatic rings. The lowest BCUT2D eigenvalue weighted by Gasteiger charge is -2.49. The summed E-state index contributed by atoms with van der Waals surface area (Å²) < 4.78 is 12.2. The Morgan fingerprint density at radius 3 is 2.81 bits per heavy atom. The molecule has 0 N–H and O–H groups in total. The minimum atomic E-state index is -0.423. The summed E-state index contributed by atoms with van der Waals surface area (Å²) in [6, 6.07) is 6.41. The van der Waals surface area contributed by atoms with E-state index in [0.717, 1.165) is 18.6 Å². The summed E-state index contributed by atoms with van der Waals surface area (Å²) in [6.45, 7) is 6.33. The van der Waals surface area contributed by atoms with Crippen LogP contribution in [-0.4, -0.2) is 5.79 Å². The Morgan fingerprint density at radius 2 is 2.00 bits per heavy atom. The summed E-state index contributed by atoms with van der Waals surface area (Å²) in [5, 5.41) is 0. The third-order valence-electron chi connectivity index (χ3n) is 3.76. The molecule has 2 bridgehead atoms. The van der Waals surface area contributed by atoms with Crippen LogP contribution in [0.5, 0.6) is 5.75 Å². The maximum Gasteiger partial charge on any atom is 0.208 e. The van der Waals surface area contributed by atoms with Gasteiger partial charge >= 0.3 is 0 Å². The van der Waals surface area contributed by atoms with Gasteiger partial charge in [0.2, 0.25) is 5.79 Å². The molecule has 0 radical (unpaired) electrons. The number of aryl methyl sites for hydroxylation is 1. The van der Waals surface area contributed by atoms with Crippen molar-refractivity contribution in [1.29, 1.82) is 0 Å². The number of fused-ring (bicyclic) bond motifs is 4. The Labute approximate surface area is 96.6 Å². The molecule has 0 aromatic heterocycles. The Balaban J connectivity index is 2.16. The fourth-order valence-electron chi connectivity index (χ4n) is 2.97. The summed E-state index contributed by atoms with van der Waals surface area (Å²) in [5.41, 5.74) is 2.29. The molecule has 0 aliphatic carbocycles. The maximum atomic E-state index is 6.14. The summed E-state index contributed by atoms with van der Waals surface area (Å²) in [6.07, 6.45) is 3.23. The fourth-order valence-corrected chi connectivity index (χ4v) is 2.97. The van der Waals surface area contributed by atoms with E-state index < -0.39 is 5.79 Å². The maximum absolute atomic E-state index is 6.14. The van der Waals surface area contributed by atoms with Gasteiger partial charge in [0, 0.05) is 18.9 Å². The lowest BCUT2D eigenvalue weighted by molar-refractivity contribution is -0.283. The van der Waals surface area contributed by atoms with Crippen molar-refractivity contribution in [3.63, 3.8) is 0 Å². The van der Waals surface area contributed by atoms with Gasteiger partial charge in [0.25, 0.3) is 0 Å². The monoisotopic (exact) mass is 218 g/mol. The molecule has 1 saturated heterocycles. The predicted molar refractivity (Wildman–Crippen MR) is 62.5 cm³/mol. The first-order valence-electron chi connectivity index (χ1n) is 6.01. The van der Waals surface area contributed by atoms with Gasteiger partial charge in [-0.15, -0.1) is 0 Å². The van der Waals surface area contributed by atoms with E-state index in [1.54, 1.807) is 0 Å². The first kappa shape index (κ1) is 10.2. The Bertz CT molecular complexity index is 440. The highest BCUT2D eigenvalue weighted by Crippen LogP contribution is 2.50. The highest BCUT2D eigenvalue weighted by molar-refractivity contribution is 5.43. The van der Waals surface area contributed by atoms with Crippen molar-refractivity contribution in [1.82, 2.24) is 0 Å². The van der Waals surface area contributed by atoms with Crippen LogP contribution < -0.4 is 4.74 Å². The van der Waals surface area contributed by atoms with Crippen molar-refractivity contribution in [2.45, 2.75) is 51.4 Å².